The van der Waals surface area contributed by atoms with Crippen LogP contribution < -0.4 is 10.1 Å². The van der Waals surface area contributed by atoms with Crippen molar-refractivity contribution >= 4 is 27.5 Å². The highest BCUT2D eigenvalue weighted by Crippen LogP contribution is 2.29. The van der Waals surface area contributed by atoms with E-state index in [1.54, 1.807) is 18.4 Å². The van der Waals surface area contributed by atoms with E-state index < -0.39 is 0 Å². The van der Waals surface area contributed by atoms with Crippen molar-refractivity contribution < 1.29 is 9.53 Å². The normalized spacial score (nSPS) is 14.0. The summed E-state index contributed by atoms with van der Waals surface area (Å²) in [5, 5.41) is 5.14. The van der Waals surface area contributed by atoms with Crippen LogP contribution in [0.15, 0.2) is 41.8 Å². The molecule has 0 aliphatic heterocycles. The second kappa shape index (κ2) is 6.32. The quantitative estimate of drug-likeness (QED) is 0.739. The zero-order valence-electron chi connectivity index (χ0n) is 13.6. The first-order valence-corrected chi connectivity index (χ1v) is 9.11. The minimum absolute atomic E-state index is 0.0141. The number of hydrogen-bond donors (Lipinski definition) is 1. The molecule has 4 rings (SSSR count). The number of nitrogens with one attached hydrogen (secondary N) is 1. The van der Waals surface area contributed by atoms with Crippen LogP contribution in [-0.4, -0.2) is 24.1 Å². The minimum atomic E-state index is 0.0141. The van der Waals surface area contributed by atoms with Gasteiger partial charge >= 0.3 is 0 Å². The molecule has 1 aliphatic carbocycles. The molecule has 1 aliphatic rings. The molecule has 0 radical (unpaired) electrons. The standard InChI is InChI=1S/C19H20N2O2S/c1-23-17-5-3-2-4-14(17)12-21-15-8-9-24-18(15)10-16(21)19(22)20-11-13-6-7-13/h2-5,8-10,13H,6-7,11-12H2,1H3,(H,20,22). The highest BCUT2D eigenvalue weighted by atomic mass is 32.1. The van der Waals surface area contributed by atoms with E-state index in [1.165, 1.54) is 12.8 Å². The third-order valence-electron chi connectivity index (χ3n) is 4.52. The number of nitrogens with zero attached hydrogens (tertiary/aromatic N) is 1. The van der Waals surface area contributed by atoms with E-state index in [0.717, 1.165) is 33.8 Å². The summed E-state index contributed by atoms with van der Waals surface area (Å²) in [5.41, 5.74) is 2.89. The Hall–Kier alpha value is -2.27. The largest absolute Gasteiger partial charge is 0.496 e. The Morgan fingerprint density at radius 1 is 1.33 bits per heavy atom. The molecule has 3 aromatic rings. The Kier molecular flexibility index (Phi) is 4.02. The maximum atomic E-state index is 12.7. The van der Waals surface area contributed by atoms with Gasteiger partial charge in [-0.25, -0.2) is 0 Å². The number of ether oxygens (including phenoxy) is 1. The molecule has 5 heteroatoms. The van der Waals surface area contributed by atoms with Gasteiger partial charge in [0.2, 0.25) is 0 Å². The molecule has 2 aromatic heterocycles. The van der Waals surface area contributed by atoms with Crippen molar-refractivity contribution in [3.8, 4) is 5.75 Å². The average molecular weight is 340 g/mol. The number of hydrogen-bond acceptors (Lipinski definition) is 3. The fourth-order valence-electron chi connectivity index (χ4n) is 2.99. The van der Waals surface area contributed by atoms with Gasteiger partial charge in [0.25, 0.3) is 5.91 Å². The molecule has 1 amide bonds. The third kappa shape index (κ3) is 2.91. The molecule has 124 valence electrons. The van der Waals surface area contributed by atoms with Crippen LogP contribution in [0.25, 0.3) is 10.2 Å². The van der Waals surface area contributed by atoms with Gasteiger partial charge in [-0.15, -0.1) is 11.3 Å². The summed E-state index contributed by atoms with van der Waals surface area (Å²) >= 11 is 1.66. The van der Waals surface area contributed by atoms with Crippen molar-refractivity contribution in [3.05, 3.63) is 53.0 Å². The van der Waals surface area contributed by atoms with Crippen molar-refractivity contribution in [1.82, 2.24) is 9.88 Å². The predicted molar refractivity (Wildman–Crippen MR) is 97.0 cm³/mol. The van der Waals surface area contributed by atoms with E-state index >= 15 is 0 Å². The maximum Gasteiger partial charge on any atom is 0.267 e. The first-order valence-electron chi connectivity index (χ1n) is 8.23. The molecule has 0 saturated heterocycles. The monoisotopic (exact) mass is 340 g/mol. The first-order chi connectivity index (χ1) is 11.8. The van der Waals surface area contributed by atoms with Crippen LogP contribution in [0.4, 0.5) is 0 Å². The van der Waals surface area contributed by atoms with Crippen LogP contribution in [0.2, 0.25) is 0 Å². The fraction of sp³-hybridized carbons (Fsp3) is 0.316. The van der Waals surface area contributed by atoms with Crippen LogP contribution in [-0.2, 0) is 6.54 Å². The third-order valence-corrected chi connectivity index (χ3v) is 5.38. The van der Waals surface area contributed by atoms with E-state index in [4.69, 9.17) is 4.74 Å². The van der Waals surface area contributed by atoms with Crippen LogP contribution in [0.3, 0.4) is 0 Å². The van der Waals surface area contributed by atoms with Gasteiger partial charge in [0.1, 0.15) is 11.4 Å². The Morgan fingerprint density at radius 3 is 2.96 bits per heavy atom. The number of fused-ring (bicyclic) bond motifs is 1. The van der Waals surface area contributed by atoms with E-state index in [-0.39, 0.29) is 5.91 Å². The summed E-state index contributed by atoms with van der Waals surface area (Å²) in [6.07, 6.45) is 2.47. The second-order valence-electron chi connectivity index (χ2n) is 6.25. The molecular weight excluding hydrogens is 320 g/mol. The van der Waals surface area contributed by atoms with Crippen molar-refractivity contribution in [2.75, 3.05) is 13.7 Å². The van der Waals surface area contributed by atoms with Gasteiger partial charge in [0.05, 0.1) is 23.9 Å². The molecule has 1 saturated carbocycles. The molecule has 0 bridgehead atoms. The van der Waals surface area contributed by atoms with Crippen LogP contribution in [0, 0.1) is 5.92 Å². The van der Waals surface area contributed by atoms with Gasteiger partial charge in [0, 0.05) is 12.1 Å². The maximum absolute atomic E-state index is 12.7. The molecule has 2 heterocycles. The highest BCUT2D eigenvalue weighted by Gasteiger charge is 2.23. The van der Waals surface area contributed by atoms with Crippen molar-refractivity contribution in [3.63, 3.8) is 0 Å². The highest BCUT2D eigenvalue weighted by molar-refractivity contribution is 7.17. The zero-order chi connectivity index (χ0) is 16.5. The van der Waals surface area contributed by atoms with Crippen LogP contribution in [0.5, 0.6) is 5.75 Å². The molecule has 4 nitrogen and oxygen atoms in total. The topological polar surface area (TPSA) is 43.3 Å². The van der Waals surface area contributed by atoms with Gasteiger partial charge in [-0.1, -0.05) is 18.2 Å². The Labute approximate surface area is 145 Å². The summed E-state index contributed by atoms with van der Waals surface area (Å²) in [6, 6.07) is 12.0. The number of aromatic nitrogens is 1. The van der Waals surface area contributed by atoms with Crippen molar-refractivity contribution in [2.24, 2.45) is 5.92 Å². The van der Waals surface area contributed by atoms with E-state index in [1.807, 2.05) is 30.3 Å². The zero-order valence-corrected chi connectivity index (χ0v) is 14.4. The lowest BCUT2D eigenvalue weighted by molar-refractivity contribution is 0.0943. The number of amides is 1. The van der Waals surface area contributed by atoms with Gasteiger partial charge in [-0.2, -0.15) is 0 Å². The molecule has 24 heavy (non-hydrogen) atoms. The Balaban J connectivity index is 1.68. The van der Waals surface area contributed by atoms with Gasteiger partial charge in [-0.3, -0.25) is 4.79 Å². The molecular formula is C19H20N2O2S. The number of para-hydroxylation sites is 1. The van der Waals surface area contributed by atoms with Crippen LogP contribution in [0.1, 0.15) is 28.9 Å². The fourth-order valence-corrected chi connectivity index (χ4v) is 3.81. The molecule has 0 spiro atoms. The van der Waals surface area contributed by atoms with Crippen LogP contribution >= 0.6 is 11.3 Å². The summed E-state index contributed by atoms with van der Waals surface area (Å²) in [7, 11) is 1.68. The summed E-state index contributed by atoms with van der Waals surface area (Å²) in [6.45, 7) is 1.41. The minimum Gasteiger partial charge on any atom is -0.496 e. The van der Waals surface area contributed by atoms with Gasteiger partial charge in [-0.05, 0) is 42.3 Å². The number of thiophene rings is 1. The summed E-state index contributed by atoms with van der Waals surface area (Å²) in [4.78, 5) is 12.7. The molecule has 0 atom stereocenters. The van der Waals surface area contributed by atoms with Crippen molar-refractivity contribution in [2.45, 2.75) is 19.4 Å². The molecule has 0 unspecified atom stereocenters. The smallest absolute Gasteiger partial charge is 0.267 e. The molecule has 1 aromatic carbocycles. The Morgan fingerprint density at radius 2 is 2.17 bits per heavy atom. The lowest BCUT2D eigenvalue weighted by Crippen LogP contribution is -2.28. The second-order valence-corrected chi connectivity index (χ2v) is 7.20. The number of benzene rings is 1. The molecule has 1 fully saturated rings. The van der Waals surface area contributed by atoms with Crippen molar-refractivity contribution in [1.29, 1.82) is 0 Å². The molecule has 1 N–H and O–H groups in total. The number of carbonyl (C=O) groups excluding carboxylic acids is 1. The number of methoxy groups -OCH3 is 1. The van der Waals surface area contributed by atoms with E-state index in [0.29, 0.717) is 12.5 Å². The number of carbonyl (C=O) groups is 1. The van der Waals surface area contributed by atoms with E-state index in [2.05, 4.69) is 21.3 Å². The predicted octanol–water partition coefficient (Wildman–Crippen LogP) is 3.90. The SMILES string of the molecule is COc1ccccc1Cn1c(C(=O)NCC2CC2)cc2sccc21. The lowest BCUT2D eigenvalue weighted by atomic mass is 10.2. The lowest BCUT2D eigenvalue weighted by Gasteiger charge is -2.13. The number of rotatable bonds is 6. The Bertz CT molecular complexity index is 877. The van der Waals surface area contributed by atoms with Gasteiger partial charge in [0.15, 0.2) is 0 Å². The first kappa shape index (κ1) is 15.3. The average Bonchev–Trinajstić information content (AvgIpc) is 3.22. The summed E-state index contributed by atoms with van der Waals surface area (Å²) in [5.74, 6) is 1.53. The van der Waals surface area contributed by atoms with Gasteiger partial charge < -0.3 is 14.6 Å². The summed E-state index contributed by atoms with van der Waals surface area (Å²) < 4.78 is 8.69. The van der Waals surface area contributed by atoms with E-state index in [9.17, 15) is 4.79 Å².